The first-order chi connectivity index (χ1) is 13.1. The fraction of sp³-hybridized carbons (Fsp3) is 0.250. The number of carbonyl (C=O) groups excluding carboxylic acids is 1. The van der Waals surface area contributed by atoms with Crippen molar-refractivity contribution in [2.75, 3.05) is 11.6 Å². The molecule has 1 N–H and O–H groups in total. The van der Waals surface area contributed by atoms with Crippen LogP contribution in [0.1, 0.15) is 18.3 Å². The lowest BCUT2D eigenvalue weighted by molar-refractivity contribution is -0.115. The molecule has 1 atom stereocenters. The van der Waals surface area contributed by atoms with Crippen LogP contribution in [0.2, 0.25) is 0 Å². The fourth-order valence-corrected chi connectivity index (χ4v) is 4.04. The summed E-state index contributed by atoms with van der Waals surface area (Å²) in [7, 11) is 0. The SMILES string of the molecule is CSc1ccccc1NC(=O)C(C)Sc1nnc(C)n1Cc1ccccc1. The molecule has 0 aliphatic rings. The number of hydrogen-bond donors (Lipinski definition) is 1. The second kappa shape index (κ2) is 9.10. The molecule has 0 spiro atoms. The molecule has 140 valence electrons. The molecule has 1 heterocycles. The molecule has 0 aliphatic heterocycles. The smallest absolute Gasteiger partial charge is 0.237 e. The summed E-state index contributed by atoms with van der Waals surface area (Å²) in [5.41, 5.74) is 2.01. The summed E-state index contributed by atoms with van der Waals surface area (Å²) in [4.78, 5) is 13.7. The van der Waals surface area contributed by atoms with Crippen LogP contribution < -0.4 is 5.32 Å². The van der Waals surface area contributed by atoms with Gasteiger partial charge in [0.25, 0.3) is 0 Å². The number of nitrogens with one attached hydrogen (secondary N) is 1. The number of nitrogens with zero attached hydrogens (tertiary/aromatic N) is 3. The lowest BCUT2D eigenvalue weighted by atomic mass is 10.2. The minimum absolute atomic E-state index is 0.0478. The lowest BCUT2D eigenvalue weighted by Crippen LogP contribution is -2.23. The third kappa shape index (κ3) is 4.93. The van der Waals surface area contributed by atoms with Gasteiger partial charge in [-0.2, -0.15) is 0 Å². The van der Waals surface area contributed by atoms with Crippen LogP contribution in [0.15, 0.2) is 64.6 Å². The highest BCUT2D eigenvalue weighted by Gasteiger charge is 2.20. The van der Waals surface area contributed by atoms with E-state index in [1.54, 1.807) is 11.8 Å². The van der Waals surface area contributed by atoms with Crippen LogP contribution in [0.4, 0.5) is 5.69 Å². The number of amides is 1. The lowest BCUT2D eigenvalue weighted by Gasteiger charge is -2.14. The number of aromatic nitrogens is 3. The zero-order valence-corrected chi connectivity index (χ0v) is 17.2. The summed E-state index contributed by atoms with van der Waals surface area (Å²) in [5, 5.41) is 11.9. The molecule has 0 radical (unpaired) electrons. The van der Waals surface area contributed by atoms with E-state index in [9.17, 15) is 4.79 Å². The van der Waals surface area contributed by atoms with Crippen molar-refractivity contribution in [2.45, 2.75) is 35.7 Å². The van der Waals surface area contributed by atoms with Crippen LogP contribution in [-0.2, 0) is 11.3 Å². The third-order valence-corrected chi connectivity index (χ3v) is 5.98. The number of thioether (sulfide) groups is 2. The van der Waals surface area contributed by atoms with E-state index in [0.717, 1.165) is 21.6 Å². The van der Waals surface area contributed by atoms with Gasteiger partial charge in [-0.05, 0) is 37.8 Å². The van der Waals surface area contributed by atoms with Gasteiger partial charge in [-0.15, -0.1) is 22.0 Å². The van der Waals surface area contributed by atoms with Crippen molar-refractivity contribution in [3.63, 3.8) is 0 Å². The van der Waals surface area contributed by atoms with E-state index in [1.807, 2.05) is 67.1 Å². The first-order valence-corrected chi connectivity index (χ1v) is 10.7. The van der Waals surface area contributed by atoms with Crippen molar-refractivity contribution >= 4 is 35.1 Å². The second-order valence-electron chi connectivity index (χ2n) is 6.05. The molecule has 3 aromatic rings. The summed E-state index contributed by atoms with van der Waals surface area (Å²) >= 11 is 3.03. The minimum Gasteiger partial charge on any atom is -0.324 e. The molecule has 3 rings (SSSR count). The molecule has 1 unspecified atom stereocenters. The fourth-order valence-electron chi connectivity index (χ4n) is 2.59. The van der Waals surface area contributed by atoms with Gasteiger partial charge in [0, 0.05) is 4.90 Å². The molecule has 1 amide bonds. The Labute approximate surface area is 168 Å². The standard InChI is InChI=1S/C20H22N4OS2/c1-14(19(25)21-17-11-7-8-12-18(17)26-3)27-20-23-22-15(2)24(20)13-16-9-5-4-6-10-16/h4-12,14H,13H2,1-3H3,(H,21,25). The van der Waals surface area contributed by atoms with Gasteiger partial charge in [-0.1, -0.05) is 54.2 Å². The van der Waals surface area contributed by atoms with Crippen LogP contribution in [0.25, 0.3) is 0 Å². The van der Waals surface area contributed by atoms with E-state index in [1.165, 1.54) is 17.3 Å². The van der Waals surface area contributed by atoms with Crippen LogP contribution in [0.3, 0.4) is 0 Å². The molecule has 5 nitrogen and oxygen atoms in total. The molecule has 1 aromatic heterocycles. The summed E-state index contributed by atoms with van der Waals surface area (Å²) in [6.45, 7) is 4.50. The van der Waals surface area contributed by atoms with Gasteiger partial charge in [0.2, 0.25) is 5.91 Å². The molecule has 0 saturated carbocycles. The van der Waals surface area contributed by atoms with E-state index < -0.39 is 0 Å². The first kappa shape index (κ1) is 19.5. The highest BCUT2D eigenvalue weighted by Crippen LogP contribution is 2.27. The minimum atomic E-state index is -0.293. The molecular formula is C20H22N4OS2. The van der Waals surface area contributed by atoms with Gasteiger partial charge in [-0.25, -0.2) is 0 Å². The summed E-state index contributed by atoms with van der Waals surface area (Å²) in [6.07, 6.45) is 2.00. The average Bonchev–Trinajstić information content (AvgIpc) is 3.02. The van der Waals surface area contributed by atoms with Gasteiger partial charge in [0.05, 0.1) is 17.5 Å². The molecule has 0 bridgehead atoms. The van der Waals surface area contributed by atoms with E-state index in [-0.39, 0.29) is 11.2 Å². The largest absolute Gasteiger partial charge is 0.324 e. The Morgan fingerprint density at radius 1 is 1.11 bits per heavy atom. The number of para-hydroxylation sites is 1. The summed E-state index contributed by atoms with van der Waals surface area (Å²) in [5.74, 6) is 0.787. The topological polar surface area (TPSA) is 59.8 Å². The molecule has 2 aromatic carbocycles. The van der Waals surface area contributed by atoms with E-state index in [0.29, 0.717) is 6.54 Å². The van der Waals surface area contributed by atoms with Gasteiger partial charge in [-0.3, -0.25) is 4.79 Å². The van der Waals surface area contributed by atoms with Crippen LogP contribution in [0.5, 0.6) is 0 Å². The maximum atomic E-state index is 12.7. The molecule has 0 fully saturated rings. The van der Waals surface area contributed by atoms with Crippen molar-refractivity contribution < 1.29 is 4.79 Å². The zero-order chi connectivity index (χ0) is 19.2. The highest BCUT2D eigenvalue weighted by atomic mass is 32.2. The van der Waals surface area contributed by atoms with Gasteiger partial charge in [0.15, 0.2) is 5.16 Å². The van der Waals surface area contributed by atoms with Crippen molar-refractivity contribution in [1.82, 2.24) is 14.8 Å². The van der Waals surface area contributed by atoms with Gasteiger partial charge in [0.1, 0.15) is 5.82 Å². The van der Waals surface area contributed by atoms with E-state index in [2.05, 4.69) is 27.6 Å². The van der Waals surface area contributed by atoms with Crippen LogP contribution in [0, 0.1) is 6.92 Å². The molecule has 0 aliphatic carbocycles. The van der Waals surface area contributed by atoms with Crippen LogP contribution >= 0.6 is 23.5 Å². The maximum absolute atomic E-state index is 12.7. The molecular weight excluding hydrogens is 376 g/mol. The Balaban J connectivity index is 1.70. The molecule has 0 saturated heterocycles. The highest BCUT2D eigenvalue weighted by molar-refractivity contribution is 8.00. The Hall–Kier alpha value is -2.25. The maximum Gasteiger partial charge on any atom is 0.237 e. The van der Waals surface area contributed by atoms with Gasteiger partial charge >= 0.3 is 0 Å². The Kier molecular flexibility index (Phi) is 6.58. The van der Waals surface area contributed by atoms with Crippen molar-refractivity contribution in [2.24, 2.45) is 0 Å². The first-order valence-electron chi connectivity index (χ1n) is 8.62. The van der Waals surface area contributed by atoms with E-state index >= 15 is 0 Å². The quantitative estimate of drug-likeness (QED) is 0.595. The number of benzene rings is 2. The third-order valence-electron chi connectivity index (χ3n) is 4.10. The van der Waals surface area contributed by atoms with Crippen molar-refractivity contribution in [3.05, 3.63) is 66.0 Å². The number of rotatable bonds is 7. The number of aryl methyl sites for hydroxylation is 1. The number of anilines is 1. The average molecular weight is 399 g/mol. The Morgan fingerprint density at radius 3 is 2.56 bits per heavy atom. The summed E-state index contributed by atoms with van der Waals surface area (Å²) in [6, 6.07) is 18.0. The Morgan fingerprint density at radius 2 is 1.81 bits per heavy atom. The van der Waals surface area contributed by atoms with E-state index in [4.69, 9.17) is 0 Å². The van der Waals surface area contributed by atoms with Crippen LogP contribution in [-0.4, -0.2) is 32.2 Å². The number of hydrogen-bond acceptors (Lipinski definition) is 5. The van der Waals surface area contributed by atoms with Gasteiger partial charge < -0.3 is 9.88 Å². The Bertz CT molecular complexity index is 911. The van der Waals surface area contributed by atoms with Crippen molar-refractivity contribution in [3.8, 4) is 0 Å². The predicted octanol–water partition coefficient (Wildman–Crippen LogP) is 4.48. The predicted molar refractivity (Wildman–Crippen MR) is 112 cm³/mol. The monoisotopic (exact) mass is 398 g/mol. The number of carbonyl (C=O) groups is 1. The normalized spacial score (nSPS) is 12.0. The summed E-state index contributed by atoms with van der Waals surface area (Å²) < 4.78 is 2.04. The van der Waals surface area contributed by atoms with Crippen molar-refractivity contribution in [1.29, 1.82) is 0 Å². The second-order valence-corrected chi connectivity index (χ2v) is 8.21. The molecule has 27 heavy (non-hydrogen) atoms. The molecule has 7 heteroatoms. The zero-order valence-electron chi connectivity index (χ0n) is 15.5.